The molecule has 124 valence electrons. The highest BCUT2D eigenvalue weighted by atomic mass is 19.4. The lowest BCUT2D eigenvalue weighted by Gasteiger charge is -2.13. The molecule has 3 aromatic rings. The number of carbonyl (C=O) groups is 1. The van der Waals surface area contributed by atoms with Gasteiger partial charge >= 0.3 is 6.18 Å². The van der Waals surface area contributed by atoms with E-state index >= 15 is 0 Å². The Bertz CT molecular complexity index is 928. The Hall–Kier alpha value is -2.83. The molecule has 0 bridgehead atoms. The van der Waals surface area contributed by atoms with E-state index in [1.54, 1.807) is 7.05 Å². The number of hydrogen-bond acceptors (Lipinski definition) is 1. The number of alkyl halides is 3. The summed E-state index contributed by atoms with van der Waals surface area (Å²) in [4.78, 5) is 12.4. The number of aryl methyl sites for hydroxylation is 1. The van der Waals surface area contributed by atoms with Crippen LogP contribution >= 0.6 is 0 Å². The summed E-state index contributed by atoms with van der Waals surface area (Å²) < 4.78 is 53.7. The van der Waals surface area contributed by atoms with Crippen molar-refractivity contribution in [1.82, 2.24) is 4.57 Å². The number of nitrogens with one attached hydrogen (secondary N) is 1. The van der Waals surface area contributed by atoms with E-state index in [0.29, 0.717) is 10.9 Å². The molecule has 3 nitrogen and oxygen atoms in total. The summed E-state index contributed by atoms with van der Waals surface area (Å²) in [5.74, 6) is -1.16. The Kier molecular flexibility index (Phi) is 3.79. The minimum Gasteiger partial charge on any atom is -0.340 e. The van der Waals surface area contributed by atoms with Crippen molar-refractivity contribution in [2.75, 3.05) is 5.32 Å². The van der Waals surface area contributed by atoms with Crippen LogP contribution in [0.15, 0.2) is 48.5 Å². The first kappa shape index (κ1) is 16.0. The summed E-state index contributed by atoms with van der Waals surface area (Å²) in [6.07, 6.45) is -4.58. The first-order valence-corrected chi connectivity index (χ1v) is 7.00. The number of carbonyl (C=O) groups excluding carboxylic acids is 1. The van der Waals surface area contributed by atoms with Crippen molar-refractivity contribution in [3.05, 3.63) is 65.6 Å². The number of aromatic nitrogens is 1. The van der Waals surface area contributed by atoms with Crippen LogP contribution in [0.25, 0.3) is 10.9 Å². The van der Waals surface area contributed by atoms with E-state index in [1.807, 2.05) is 0 Å². The lowest BCUT2D eigenvalue weighted by Crippen LogP contribution is -2.18. The second kappa shape index (κ2) is 5.67. The van der Waals surface area contributed by atoms with Crippen molar-refractivity contribution in [3.8, 4) is 0 Å². The summed E-state index contributed by atoms with van der Waals surface area (Å²) in [7, 11) is 1.55. The molecule has 0 saturated carbocycles. The Labute approximate surface area is 134 Å². The van der Waals surface area contributed by atoms with E-state index in [-0.39, 0.29) is 11.4 Å². The maximum absolute atomic E-state index is 13.3. The number of nitrogens with zero attached hydrogens (tertiary/aromatic N) is 1. The number of para-hydroxylation sites is 1. The first-order valence-electron chi connectivity index (χ1n) is 7.00. The monoisotopic (exact) mass is 336 g/mol. The maximum Gasteiger partial charge on any atom is 0.418 e. The fraction of sp³-hybridized carbons (Fsp3) is 0.118. The van der Waals surface area contributed by atoms with Crippen molar-refractivity contribution in [3.63, 3.8) is 0 Å². The summed E-state index contributed by atoms with van der Waals surface area (Å²) in [5, 5.41) is 2.89. The molecule has 2 aromatic carbocycles. The van der Waals surface area contributed by atoms with Gasteiger partial charge in [0.1, 0.15) is 11.5 Å². The van der Waals surface area contributed by atoms with Gasteiger partial charge in [0.2, 0.25) is 0 Å². The van der Waals surface area contributed by atoms with Gasteiger partial charge in [0, 0.05) is 12.4 Å². The third kappa shape index (κ3) is 2.84. The van der Waals surface area contributed by atoms with Crippen LogP contribution in [0.5, 0.6) is 0 Å². The fourth-order valence-electron chi connectivity index (χ4n) is 2.55. The van der Waals surface area contributed by atoms with Crippen molar-refractivity contribution in [2.24, 2.45) is 7.05 Å². The molecule has 3 rings (SSSR count). The molecular weight excluding hydrogens is 324 g/mol. The predicted molar refractivity (Wildman–Crippen MR) is 82.3 cm³/mol. The summed E-state index contributed by atoms with van der Waals surface area (Å²) in [6, 6.07) is 10.2. The normalized spacial score (nSPS) is 11.7. The molecule has 1 heterocycles. The quantitative estimate of drug-likeness (QED) is 0.683. The highest BCUT2D eigenvalue weighted by molar-refractivity contribution is 6.06. The number of halogens is 4. The lowest BCUT2D eigenvalue weighted by molar-refractivity contribution is -0.136. The molecule has 0 aliphatic heterocycles. The summed E-state index contributed by atoms with van der Waals surface area (Å²) in [5.41, 5.74) is -0.647. The van der Waals surface area contributed by atoms with Gasteiger partial charge in [0.25, 0.3) is 5.91 Å². The largest absolute Gasteiger partial charge is 0.418 e. The second-order valence-electron chi connectivity index (χ2n) is 5.29. The SMILES string of the molecule is Cn1c(C(=O)Nc2ccccc2C(F)(F)F)cc2ccc(F)cc21. The second-order valence-corrected chi connectivity index (χ2v) is 5.29. The van der Waals surface area contributed by atoms with Gasteiger partial charge in [0.15, 0.2) is 0 Å². The number of fused-ring (bicyclic) bond motifs is 1. The van der Waals surface area contributed by atoms with E-state index < -0.39 is 23.5 Å². The average molecular weight is 336 g/mol. The third-order valence-corrected chi connectivity index (χ3v) is 3.72. The van der Waals surface area contributed by atoms with E-state index in [4.69, 9.17) is 0 Å². The van der Waals surface area contributed by atoms with E-state index in [2.05, 4.69) is 5.32 Å². The molecule has 0 aliphatic carbocycles. The van der Waals surface area contributed by atoms with Crippen LogP contribution in [0.2, 0.25) is 0 Å². The van der Waals surface area contributed by atoms with Crippen LogP contribution in [-0.2, 0) is 13.2 Å². The highest BCUT2D eigenvalue weighted by Crippen LogP contribution is 2.34. The minimum absolute atomic E-state index is 0.132. The van der Waals surface area contributed by atoms with E-state index in [9.17, 15) is 22.4 Å². The lowest BCUT2D eigenvalue weighted by atomic mass is 10.1. The third-order valence-electron chi connectivity index (χ3n) is 3.72. The van der Waals surface area contributed by atoms with Crippen LogP contribution in [-0.4, -0.2) is 10.5 Å². The summed E-state index contributed by atoms with van der Waals surface area (Å²) >= 11 is 0. The average Bonchev–Trinajstić information content (AvgIpc) is 2.84. The van der Waals surface area contributed by atoms with E-state index in [1.165, 1.54) is 47.0 Å². The molecule has 7 heteroatoms. The number of hydrogen-bond donors (Lipinski definition) is 1. The van der Waals surface area contributed by atoms with Gasteiger partial charge in [-0.15, -0.1) is 0 Å². The topological polar surface area (TPSA) is 34.0 Å². The zero-order valence-corrected chi connectivity index (χ0v) is 12.5. The fourth-order valence-corrected chi connectivity index (χ4v) is 2.55. The van der Waals surface area contributed by atoms with Crippen molar-refractivity contribution in [1.29, 1.82) is 0 Å². The number of benzene rings is 2. The van der Waals surface area contributed by atoms with Gasteiger partial charge in [-0.3, -0.25) is 4.79 Å². The van der Waals surface area contributed by atoms with Crippen molar-refractivity contribution >= 4 is 22.5 Å². The Morgan fingerprint density at radius 3 is 2.50 bits per heavy atom. The van der Waals surface area contributed by atoms with Gasteiger partial charge in [-0.25, -0.2) is 4.39 Å². The molecule has 1 aromatic heterocycles. The Morgan fingerprint density at radius 2 is 1.79 bits per heavy atom. The number of rotatable bonds is 2. The van der Waals surface area contributed by atoms with Gasteiger partial charge in [-0.2, -0.15) is 13.2 Å². The van der Waals surface area contributed by atoms with E-state index in [0.717, 1.165) is 6.07 Å². The highest BCUT2D eigenvalue weighted by Gasteiger charge is 2.33. The first-order chi connectivity index (χ1) is 11.3. The Balaban J connectivity index is 1.99. The molecule has 0 atom stereocenters. The van der Waals surface area contributed by atoms with Gasteiger partial charge in [0.05, 0.1) is 16.8 Å². The molecule has 24 heavy (non-hydrogen) atoms. The van der Waals surface area contributed by atoms with Crippen LogP contribution < -0.4 is 5.32 Å². The smallest absolute Gasteiger partial charge is 0.340 e. The molecular formula is C17H12F4N2O. The molecule has 0 saturated heterocycles. The molecule has 0 unspecified atom stereocenters. The van der Waals surface area contributed by atoms with Crippen LogP contribution in [0.4, 0.5) is 23.2 Å². The van der Waals surface area contributed by atoms with Crippen LogP contribution in [0, 0.1) is 5.82 Å². The Morgan fingerprint density at radius 1 is 1.08 bits per heavy atom. The van der Waals surface area contributed by atoms with Gasteiger partial charge in [-0.1, -0.05) is 12.1 Å². The molecule has 1 N–H and O–H groups in total. The summed E-state index contributed by atoms with van der Waals surface area (Å²) in [6.45, 7) is 0. The van der Waals surface area contributed by atoms with Gasteiger partial charge < -0.3 is 9.88 Å². The predicted octanol–water partition coefficient (Wildman–Crippen LogP) is 4.59. The van der Waals surface area contributed by atoms with Crippen LogP contribution in [0.3, 0.4) is 0 Å². The van der Waals surface area contributed by atoms with Crippen molar-refractivity contribution < 1.29 is 22.4 Å². The minimum atomic E-state index is -4.58. The molecule has 0 aliphatic rings. The molecule has 1 amide bonds. The van der Waals surface area contributed by atoms with Crippen molar-refractivity contribution in [2.45, 2.75) is 6.18 Å². The molecule has 0 fully saturated rings. The molecule has 0 radical (unpaired) electrons. The number of anilines is 1. The van der Waals surface area contributed by atoms with Crippen LogP contribution in [0.1, 0.15) is 16.1 Å². The molecule has 0 spiro atoms. The zero-order chi connectivity index (χ0) is 17.5. The zero-order valence-electron chi connectivity index (χ0n) is 12.5. The maximum atomic E-state index is 13.3. The standard InChI is InChI=1S/C17H12F4N2O/c1-23-14-9-11(18)7-6-10(14)8-15(23)16(24)22-13-5-3-2-4-12(13)17(19,20)21/h2-9H,1H3,(H,22,24). The van der Waals surface area contributed by atoms with Gasteiger partial charge in [-0.05, 0) is 36.4 Å². The number of amides is 1.